The van der Waals surface area contributed by atoms with Crippen LogP contribution < -0.4 is 24.5 Å². The maximum absolute atomic E-state index is 13.2. The molecule has 0 unspecified atom stereocenters. The zero-order valence-corrected chi connectivity index (χ0v) is 18.4. The number of methoxy groups -OCH3 is 3. The highest BCUT2D eigenvalue weighted by Gasteiger charge is 2.56. The Morgan fingerprint density at radius 1 is 1.03 bits per heavy atom. The lowest BCUT2D eigenvalue weighted by molar-refractivity contribution is -0.0434. The minimum atomic E-state index is -0.370. The quantitative estimate of drug-likeness (QED) is 0.666. The SMILES string of the molecule is COc1cc([C@@H]2C[C@H]3[C@@H]2c2c(c4ccccc4[nH]c2=O)OC3(C)C)cc(OC)c1OC. The van der Waals surface area contributed by atoms with Crippen molar-refractivity contribution in [2.75, 3.05) is 21.3 Å². The summed E-state index contributed by atoms with van der Waals surface area (Å²) in [5.41, 5.74) is 2.17. The Kier molecular flexibility index (Phi) is 4.43. The molecule has 1 aliphatic carbocycles. The summed E-state index contributed by atoms with van der Waals surface area (Å²) in [7, 11) is 4.84. The molecule has 0 amide bonds. The van der Waals surface area contributed by atoms with E-state index in [0.29, 0.717) is 23.0 Å². The summed E-state index contributed by atoms with van der Waals surface area (Å²) in [5, 5.41) is 0.944. The first-order valence-corrected chi connectivity index (χ1v) is 10.5. The van der Waals surface area contributed by atoms with Gasteiger partial charge in [0.15, 0.2) is 11.5 Å². The van der Waals surface area contributed by atoms with Gasteiger partial charge in [-0.15, -0.1) is 0 Å². The minimum Gasteiger partial charge on any atom is -0.493 e. The Hall–Kier alpha value is -3.15. The van der Waals surface area contributed by atoms with Crippen molar-refractivity contribution in [2.24, 2.45) is 5.92 Å². The van der Waals surface area contributed by atoms with Crippen LogP contribution in [0.1, 0.15) is 43.2 Å². The third kappa shape index (κ3) is 2.81. The molecule has 1 saturated carbocycles. The second-order valence-corrected chi connectivity index (χ2v) is 8.88. The van der Waals surface area contributed by atoms with Gasteiger partial charge in [-0.2, -0.15) is 0 Å². The molecule has 0 spiro atoms. The standard InChI is InChI=1S/C25H27NO5/c1-25(2)16-12-15(13-10-18(28-3)23(30-5)19(11-13)29-4)20(16)21-22(31-25)14-8-6-7-9-17(14)26-24(21)27/h6-11,15-16,20H,12H2,1-5H3,(H,26,27)/t15-,16-,20+/m0/s1. The summed E-state index contributed by atoms with van der Waals surface area (Å²) in [5.74, 6) is 2.98. The molecule has 31 heavy (non-hydrogen) atoms. The number of nitrogens with one attached hydrogen (secondary N) is 1. The smallest absolute Gasteiger partial charge is 0.255 e. The van der Waals surface area contributed by atoms with E-state index in [1.807, 2.05) is 36.4 Å². The van der Waals surface area contributed by atoms with Crippen LogP contribution in [0.4, 0.5) is 0 Å². The van der Waals surface area contributed by atoms with Gasteiger partial charge in [-0.05, 0) is 56.0 Å². The molecule has 2 aliphatic rings. The lowest BCUT2D eigenvalue weighted by Gasteiger charge is -2.55. The van der Waals surface area contributed by atoms with Gasteiger partial charge in [-0.25, -0.2) is 0 Å². The van der Waals surface area contributed by atoms with Crippen LogP contribution >= 0.6 is 0 Å². The van der Waals surface area contributed by atoms with E-state index >= 15 is 0 Å². The fraction of sp³-hybridized carbons (Fsp3) is 0.400. The zero-order chi connectivity index (χ0) is 21.9. The molecule has 162 valence electrons. The zero-order valence-electron chi connectivity index (χ0n) is 18.4. The third-order valence-electron chi connectivity index (χ3n) is 6.99. The summed E-state index contributed by atoms with van der Waals surface area (Å²) < 4.78 is 23.1. The summed E-state index contributed by atoms with van der Waals surface area (Å²) >= 11 is 0. The van der Waals surface area contributed by atoms with Crippen LogP contribution in [-0.2, 0) is 0 Å². The first kappa shape index (κ1) is 19.8. The molecule has 0 bridgehead atoms. The molecule has 3 atom stereocenters. The number of hydrogen-bond acceptors (Lipinski definition) is 5. The molecule has 3 aromatic rings. The summed E-state index contributed by atoms with van der Waals surface area (Å²) in [6, 6.07) is 11.8. The lowest BCUT2D eigenvalue weighted by atomic mass is 9.54. The Bertz CT molecular complexity index is 1200. The van der Waals surface area contributed by atoms with Crippen molar-refractivity contribution in [1.82, 2.24) is 4.98 Å². The maximum atomic E-state index is 13.2. The fourth-order valence-electron chi connectivity index (χ4n) is 5.41. The van der Waals surface area contributed by atoms with E-state index in [1.165, 1.54) is 0 Å². The van der Waals surface area contributed by atoms with Gasteiger partial charge in [0.05, 0.1) is 32.4 Å². The first-order chi connectivity index (χ1) is 14.9. The number of aromatic amines is 1. The van der Waals surface area contributed by atoms with Crippen molar-refractivity contribution in [3.8, 4) is 23.0 Å². The van der Waals surface area contributed by atoms with E-state index in [-0.39, 0.29) is 28.9 Å². The number of para-hydroxylation sites is 1. The third-order valence-corrected chi connectivity index (χ3v) is 6.99. The van der Waals surface area contributed by atoms with E-state index in [0.717, 1.165) is 28.5 Å². The van der Waals surface area contributed by atoms with Crippen molar-refractivity contribution >= 4 is 10.9 Å². The Balaban J connectivity index is 1.69. The minimum absolute atomic E-state index is 0.0508. The Labute approximate surface area is 181 Å². The molecule has 6 nitrogen and oxygen atoms in total. The normalized spacial score (nSPS) is 23.2. The number of H-pyrrole nitrogens is 1. The van der Waals surface area contributed by atoms with Crippen molar-refractivity contribution in [3.63, 3.8) is 0 Å². The van der Waals surface area contributed by atoms with Crippen molar-refractivity contribution in [2.45, 2.75) is 37.7 Å². The Morgan fingerprint density at radius 3 is 2.35 bits per heavy atom. The van der Waals surface area contributed by atoms with Gasteiger partial charge in [-0.3, -0.25) is 4.79 Å². The summed E-state index contributed by atoms with van der Waals surface area (Å²) in [4.78, 5) is 16.3. The highest BCUT2D eigenvalue weighted by molar-refractivity contribution is 5.86. The van der Waals surface area contributed by atoms with E-state index < -0.39 is 0 Å². The molecule has 5 rings (SSSR count). The van der Waals surface area contributed by atoms with Crippen LogP contribution in [0.25, 0.3) is 10.9 Å². The van der Waals surface area contributed by atoms with Gasteiger partial charge in [0.1, 0.15) is 11.4 Å². The molecule has 0 radical (unpaired) electrons. The fourth-order valence-corrected chi connectivity index (χ4v) is 5.41. The van der Waals surface area contributed by atoms with Crippen molar-refractivity contribution in [3.05, 3.63) is 57.9 Å². The van der Waals surface area contributed by atoms with Gasteiger partial charge >= 0.3 is 0 Å². The number of aromatic nitrogens is 1. The van der Waals surface area contributed by atoms with Gasteiger partial charge < -0.3 is 23.9 Å². The molecule has 1 fully saturated rings. The molecule has 1 aromatic heterocycles. The molecule has 6 heteroatoms. The molecular weight excluding hydrogens is 394 g/mol. The predicted molar refractivity (Wildman–Crippen MR) is 119 cm³/mol. The van der Waals surface area contributed by atoms with Crippen LogP contribution in [0.3, 0.4) is 0 Å². The number of rotatable bonds is 4. The van der Waals surface area contributed by atoms with E-state index in [9.17, 15) is 4.79 Å². The van der Waals surface area contributed by atoms with Gasteiger partial charge in [0.2, 0.25) is 5.75 Å². The number of pyridine rings is 1. The van der Waals surface area contributed by atoms with Crippen molar-refractivity contribution in [1.29, 1.82) is 0 Å². The first-order valence-electron chi connectivity index (χ1n) is 10.5. The van der Waals surface area contributed by atoms with Crippen LogP contribution in [-0.4, -0.2) is 31.9 Å². The van der Waals surface area contributed by atoms with E-state index in [2.05, 4.69) is 18.8 Å². The molecule has 2 aromatic carbocycles. The largest absolute Gasteiger partial charge is 0.493 e. The van der Waals surface area contributed by atoms with Crippen LogP contribution in [0.15, 0.2) is 41.2 Å². The van der Waals surface area contributed by atoms with Gasteiger partial charge in [-0.1, -0.05) is 12.1 Å². The van der Waals surface area contributed by atoms with Crippen LogP contribution in [0.2, 0.25) is 0 Å². The highest BCUT2D eigenvalue weighted by atomic mass is 16.5. The summed E-state index contributed by atoms with van der Waals surface area (Å²) in [6.07, 6.45) is 0.919. The lowest BCUT2D eigenvalue weighted by Crippen LogP contribution is -2.54. The highest BCUT2D eigenvalue weighted by Crippen LogP contribution is 2.63. The van der Waals surface area contributed by atoms with Crippen LogP contribution in [0, 0.1) is 5.92 Å². The molecule has 1 aliphatic heterocycles. The Morgan fingerprint density at radius 2 is 1.71 bits per heavy atom. The topological polar surface area (TPSA) is 69.8 Å². The second kappa shape index (κ2) is 6.94. The van der Waals surface area contributed by atoms with Crippen LogP contribution in [0.5, 0.6) is 23.0 Å². The number of ether oxygens (including phenoxy) is 4. The molecular formula is C25H27NO5. The average Bonchev–Trinajstić information content (AvgIpc) is 2.73. The molecule has 2 heterocycles. The molecule has 1 N–H and O–H groups in total. The predicted octanol–water partition coefficient (Wildman–Crippen LogP) is 4.61. The number of benzene rings is 2. The average molecular weight is 421 g/mol. The van der Waals surface area contributed by atoms with Gasteiger partial charge in [0, 0.05) is 17.2 Å². The maximum Gasteiger partial charge on any atom is 0.255 e. The summed E-state index contributed by atoms with van der Waals surface area (Å²) in [6.45, 7) is 4.24. The van der Waals surface area contributed by atoms with Gasteiger partial charge in [0.25, 0.3) is 5.56 Å². The van der Waals surface area contributed by atoms with Crippen molar-refractivity contribution < 1.29 is 18.9 Å². The van der Waals surface area contributed by atoms with E-state index in [4.69, 9.17) is 18.9 Å². The monoisotopic (exact) mass is 421 g/mol. The van der Waals surface area contributed by atoms with E-state index in [1.54, 1.807) is 21.3 Å². The molecule has 0 saturated heterocycles. The second-order valence-electron chi connectivity index (χ2n) is 8.88. The number of hydrogen-bond donors (Lipinski definition) is 1. The number of fused-ring (bicyclic) bond motifs is 5.